The van der Waals surface area contributed by atoms with Gasteiger partial charge in [0.25, 0.3) is 11.6 Å². The van der Waals surface area contributed by atoms with E-state index in [9.17, 15) is 14.9 Å². The molecule has 0 radical (unpaired) electrons. The van der Waals surface area contributed by atoms with Crippen molar-refractivity contribution in [2.45, 2.75) is 12.8 Å². The van der Waals surface area contributed by atoms with Crippen LogP contribution >= 0.6 is 23.2 Å². The van der Waals surface area contributed by atoms with Gasteiger partial charge in [0.15, 0.2) is 0 Å². The first-order valence-electron chi connectivity index (χ1n) is 5.34. The minimum absolute atomic E-state index is 0.00951. The Hall–Kier alpha value is -1.33. The van der Waals surface area contributed by atoms with E-state index in [0.29, 0.717) is 12.4 Å². The van der Waals surface area contributed by atoms with Crippen molar-refractivity contribution in [3.8, 4) is 0 Å². The van der Waals surface area contributed by atoms with Crippen molar-refractivity contribution in [1.82, 2.24) is 5.32 Å². The third kappa shape index (κ3) is 4.16. The van der Waals surface area contributed by atoms with Crippen molar-refractivity contribution < 1.29 is 9.72 Å². The van der Waals surface area contributed by atoms with Crippen LogP contribution in [-0.2, 0) is 0 Å². The Balaban J connectivity index is 2.76. The summed E-state index contributed by atoms with van der Waals surface area (Å²) in [5.74, 6) is 0.0460. The van der Waals surface area contributed by atoms with Gasteiger partial charge in [-0.25, -0.2) is 0 Å². The molecule has 0 saturated carbocycles. The third-order valence-corrected chi connectivity index (χ3v) is 2.75. The molecule has 0 heterocycles. The average Bonchev–Trinajstić information content (AvgIpc) is 2.34. The van der Waals surface area contributed by atoms with Gasteiger partial charge in [0.2, 0.25) is 0 Å². The van der Waals surface area contributed by atoms with Crippen molar-refractivity contribution in [3.63, 3.8) is 0 Å². The molecule has 1 rings (SSSR count). The van der Waals surface area contributed by atoms with Crippen LogP contribution in [-0.4, -0.2) is 23.3 Å². The highest BCUT2D eigenvalue weighted by molar-refractivity contribution is 6.31. The lowest BCUT2D eigenvalue weighted by Gasteiger charge is -2.05. The molecule has 1 aromatic carbocycles. The fraction of sp³-hybridized carbons (Fsp3) is 0.364. The van der Waals surface area contributed by atoms with Crippen LogP contribution < -0.4 is 5.32 Å². The number of nitro benzene ring substituents is 1. The first kappa shape index (κ1) is 14.7. The van der Waals surface area contributed by atoms with Gasteiger partial charge in [-0.05, 0) is 25.0 Å². The van der Waals surface area contributed by atoms with Crippen LogP contribution in [0.1, 0.15) is 23.2 Å². The monoisotopic (exact) mass is 290 g/mol. The van der Waals surface area contributed by atoms with Crippen LogP contribution in [0.5, 0.6) is 0 Å². The predicted molar refractivity (Wildman–Crippen MR) is 70.4 cm³/mol. The lowest BCUT2D eigenvalue weighted by molar-refractivity contribution is -0.385. The maximum Gasteiger partial charge on any atom is 0.283 e. The van der Waals surface area contributed by atoms with Gasteiger partial charge in [0, 0.05) is 23.5 Å². The summed E-state index contributed by atoms with van der Waals surface area (Å²) in [5, 5.41) is 13.6. The van der Waals surface area contributed by atoms with Gasteiger partial charge in [0.05, 0.1) is 4.92 Å². The number of hydrogen-bond acceptors (Lipinski definition) is 3. The quantitative estimate of drug-likeness (QED) is 0.379. The molecule has 1 aromatic rings. The predicted octanol–water partition coefficient (Wildman–Crippen LogP) is 3.00. The highest BCUT2D eigenvalue weighted by Crippen LogP contribution is 2.22. The molecule has 0 aliphatic carbocycles. The topological polar surface area (TPSA) is 72.2 Å². The Kier molecular flexibility index (Phi) is 5.88. The summed E-state index contributed by atoms with van der Waals surface area (Å²) in [6.45, 7) is 0.436. The van der Waals surface area contributed by atoms with Gasteiger partial charge >= 0.3 is 0 Å². The average molecular weight is 291 g/mol. The molecule has 0 spiro atoms. The van der Waals surface area contributed by atoms with Crippen molar-refractivity contribution in [3.05, 3.63) is 38.9 Å². The van der Waals surface area contributed by atoms with Gasteiger partial charge < -0.3 is 5.32 Å². The molecule has 0 atom stereocenters. The number of amides is 1. The lowest BCUT2D eigenvalue weighted by Crippen LogP contribution is -2.25. The van der Waals surface area contributed by atoms with Crippen LogP contribution in [0.3, 0.4) is 0 Å². The number of benzene rings is 1. The number of nitro groups is 1. The molecule has 0 unspecified atom stereocenters. The first-order chi connectivity index (χ1) is 8.56. The summed E-state index contributed by atoms with van der Waals surface area (Å²) in [4.78, 5) is 21.9. The van der Waals surface area contributed by atoms with Gasteiger partial charge in [0.1, 0.15) is 5.56 Å². The second-order valence-corrected chi connectivity index (χ2v) is 4.38. The van der Waals surface area contributed by atoms with Crippen molar-refractivity contribution in [2.75, 3.05) is 12.4 Å². The van der Waals surface area contributed by atoms with E-state index < -0.39 is 10.8 Å². The minimum Gasteiger partial charge on any atom is -0.352 e. The van der Waals surface area contributed by atoms with E-state index in [4.69, 9.17) is 23.2 Å². The number of rotatable bonds is 6. The molecular weight excluding hydrogens is 279 g/mol. The van der Waals surface area contributed by atoms with E-state index in [1.165, 1.54) is 12.1 Å². The van der Waals surface area contributed by atoms with Crippen LogP contribution in [0, 0.1) is 10.1 Å². The largest absolute Gasteiger partial charge is 0.352 e. The molecule has 0 bridgehead atoms. The molecule has 18 heavy (non-hydrogen) atoms. The number of carbonyl (C=O) groups excluding carboxylic acids is 1. The fourth-order valence-corrected chi connectivity index (χ4v) is 1.72. The van der Waals surface area contributed by atoms with Crippen LogP contribution in [0.2, 0.25) is 5.02 Å². The summed E-state index contributed by atoms with van der Waals surface area (Å²) in [6, 6.07) is 3.95. The van der Waals surface area contributed by atoms with E-state index in [0.717, 1.165) is 18.9 Å². The Bertz CT molecular complexity index is 452. The van der Waals surface area contributed by atoms with E-state index in [1.807, 2.05) is 0 Å². The zero-order valence-electron chi connectivity index (χ0n) is 9.49. The number of alkyl halides is 1. The highest BCUT2D eigenvalue weighted by atomic mass is 35.5. The maximum absolute atomic E-state index is 11.8. The maximum atomic E-state index is 11.8. The standard InChI is InChI=1S/C11H12Cl2N2O3/c12-5-1-2-6-14-11(16)9-4-3-8(13)7-10(9)15(17)18/h3-4,7H,1-2,5-6H2,(H,14,16). The number of hydrogen-bond donors (Lipinski definition) is 1. The number of unbranched alkanes of at least 4 members (excludes halogenated alkanes) is 1. The zero-order valence-corrected chi connectivity index (χ0v) is 11.0. The molecule has 7 heteroatoms. The lowest BCUT2D eigenvalue weighted by atomic mass is 10.1. The molecule has 1 amide bonds. The molecule has 98 valence electrons. The van der Waals surface area contributed by atoms with Crippen LogP contribution in [0.4, 0.5) is 5.69 Å². The molecule has 1 N–H and O–H groups in total. The normalized spacial score (nSPS) is 10.1. The Morgan fingerprint density at radius 1 is 1.39 bits per heavy atom. The van der Waals surface area contributed by atoms with Crippen LogP contribution in [0.15, 0.2) is 18.2 Å². The zero-order chi connectivity index (χ0) is 13.5. The van der Waals surface area contributed by atoms with Crippen LogP contribution in [0.25, 0.3) is 0 Å². The van der Waals surface area contributed by atoms with E-state index in [2.05, 4.69) is 5.32 Å². The molecule has 5 nitrogen and oxygen atoms in total. The van der Waals surface area contributed by atoms with E-state index in [1.54, 1.807) is 0 Å². The van der Waals surface area contributed by atoms with Crippen molar-refractivity contribution in [2.24, 2.45) is 0 Å². The summed E-state index contributed by atoms with van der Waals surface area (Å²) in [7, 11) is 0. The second-order valence-electron chi connectivity index (χ2n) is 3.57. The molecule has 0 aromatic heterocycles. The number of carbonyl (C=O) groups is 1. The van der Waals surface area contributed by atoms with Gasteiger partial charge in [-0.3, -0.25) is 14.9 Å². The van der Waals surface area contributed by atoms with Gasteiger partial charge in [-0.15, -0.1) is 11.6 Å². The first-order valence-corrected chi connectivity index (χ1v) is 6.25. The summed E-state index contributed by atoms with van der Waals surface area (Å²) in [5.41, 5.74) is -0.285. The van der Waals surface area contributed by atoms with Crippen molar-refractivity contribution in [1.29, 1.82) is 0 Å². The summed E-state index contributed by atoms with van der Waals surface area (Å²) < 4.78 is 0. The molecule has 0 aliphatic heterocycles. The van der Waals surface area contributed by atoms with E-state index in [-0.39, 0.29) is 16.3 Å². The Morgan fingerprint density at radius 3 is 2.72 bits per heavy atom. The number of nitrogens with zero attached hydrogens (tertiary/aromatic N) is 1. The molecule has 0 saturated heterocycles. The summed E-state index contributed by atoms with van der Waals surface area (Å²) >= 11 is 11.2. The van der Waals surface area contributed by atoms with Gasteiger partial charge in [-0.1, -0.05) is 11.6 Å². The Labute approximate surface area is 114 Å². The molecular formula is C11H12Cl2N2O3. The number of halogens is 2. The molecule has 0 aliphatic rings. The minimum atomic E-state index is -0.625. The SMILES string of the molecule is O=C(NCCCCCl)c1ccc(Cl)cc1[N+](=O)[O-]. The highest BCUT2D eigenvalue weighted by Gasteiger charge is 2.19. The summed E-state index contributed by atoms with van der Waals surface area (Å²) in [6.07, 6.45) is 1.52. The fourth-order valence-electron chi connectivity index (χ4n) is 1.36. The van der Waals surface area contributed by atoms with Gasteiger partial charge in [-0.2, -0.15) is 0 Å². The smallest absolute Gasteiger partial charge is 0.283 e. The number of nitrogens with one attached hydrogen (secondary N) is 1. The third-order valence-electron chi connectivity index (χ3n) is 2.25. The van der Waals surface area contributed by atoms with E-state index >= 15 is 0 Å². The molecule has 0 fully saturated rings. The second kappa shape index (κ2) is 7.18. The Morgan fingerprint density at radius 2 is 2.11 bits per heavy atom. The van der Waals surface area contributed by atoms with Crippen molar-refractivity contribution >= 4 is 34.8 Å².